The van der Waals surface area contributed by atoms with Crippen molar-refractivity contribution in [2.45, 2.75) is 0 Å². The van der Waals surface area contributed by atoms with Crippen molar-refractivity contribution in [2.75, 3.05) is 12.3 Å². The van der Waals surface area contributed by atoms with E-state index in [0.717, 1.165) is 54.2 Å². The Morgan fingerprint density at radius 3 is 0.843 bits per heavy atom. The van der Waals surface area contributed by atoms with E-state index in [9.17, 15) is 0 Å². The van der Waals surface area contributed by atoms with E-state index in [0.29, 0.717) is 0 Å². The van der Waals surface area contributed by atoms with Crippen LogP contribution in [-0.4, -0.2) is 12.3 Å². The maximum absolute atomic E-state index is 7.46. The zero-order valence-corrected chi connectivity index (χ0v) is 43.2. The van der Waals surface area contributed by atoms with Gasteiger partial charge in [0.25, 0.3) is 0 Å². The third-order valence-corrected chi connectivity index (χ3v) is 19.1. The Balaban J connectivity index is 0.000000160. The van der Waals surface area contributed by atoms with E-state index in [-0.39, 0.29) is 44.8 Å². The fourth-order valence-corrected chi connectivity index (χ4v) is 16.3. The summed E-state index contributed by atoms with van der Waals surface area (Å²) in [6.45, 7) is 0. The minimum Gasteiger partial charge on any atom is -0.366 e. The predicted octanol–water partition coefficient (Wildman–Crippen LogP) is 14.9. The van der Waals surface area contributed by atoms with Gasteiger partial charge in [-0.2, -0.15) is 0 Å². The Kier molecular flexibility index (Phi) is 17.2. The van der Waals surface area contributed by atoms with Crippen LogP contribution < -0.4 is 21.2 Å². The summed E-state index contributed by atoms with van der Waals surface area (Å²) in [5.74, 6) is 5.13. The van der Waals surface area contributed by atoms with Gasteiger partial charge >= 0.3 is 44.8 Å². The molecule has 0 nitrogen and oxygen atoms in total. The van der Waals surface area contributed by atoms with Crippen LogP contribution in [0.1, 0.15) is 11.1 Å². The summed E-state index contributed by atoms with van der Waals surface area (Å²) in [6.07, 6.45) is 17.4. The van der Waals surface area contributed by atoms with Crippen molar-refractivity contribution in [3.63, 3.8) is 0 Å². The van der Waals surface area contributed by atoms with E-state index in [2.05, 4.69) is 194 Å². The van der Waals surface area contributed by atoms with Crippen LogP contribution in [-0.2, 0) is 44.8 Å². The quantitative estimate of drug-likeness (QED) is 0.0491. The molecule has 0 heterocycles. The number of fused-ring (bicyclic) bond motifs is 6. The van der Waals surface area contributed by atoms with E-state index in [1.807, 2.05) is 72.8 Å². The van der Waals surface area contributed by atoms with Crippen molar-refractivity contribution in [2.24, 2.45) is 0 Å². The molecule has 0 aliphatic heterocycles. The first-order valence-electron chi connectivity index (χ1n) is 23.1. The normalized spacial score (nSPS) is 11.5. The third-order valence-electron chi connectivity index (χ3n) is 12.9. The Hall–Kier alpha value is -6.34. The van der Waals surface area contributed by atoms with Crippen molar-refractivity contribution in [3.05, 3.63) is 279 Å². The predicted molar refractivity (Wildman–Crippen MR) is 301 cm³/mol. The zero-order valence-electron chi connectivity index (χ0n) is 38.3. The largest absolute Gasteiger partial charge is 1.00 e. The van der Waals surface area contributed by atoms with Gasteiger partial charge in [-0.1, -0.05) is 228 Å². The minimum atomic E-state index is -0.961. The molecule has 12 aromatic rings. The fraction of sp³-hybridized carbons (Fsp3) is 0.0303. The monoisotopic (exact) mass is 1120 g/mol. The first kappa shape index (κ1) is 50.1. The van der Waals surface area contributed by atoms with Crippen LogP contribution in [0.15, 0.2) is 255 Å². The van der Waals surface area contributed by atoms with Crippen LogP contribution in [0, 0.1) is 24.7 Å². The molecule has 0 saturated heterocycles. The first-order valence-corrected chi connectivity index (χ1v) is 26.5. The van der Waals surface area contributed by atoms with E-state index >= 15 is 0 Å². The molecule has 2 unspecified atom stereocenters. The molecular formula is C66H48Ag2P2+2. The standard InChI is InChI=1S/C34H28P2.2C16H9.2Ag/c1-3-17-29(18-4-1)35(33-23-11-15-27-13-7-9-21-31(27)33)25-26-36(30-19-5-2-6-20-30)34-24-12-16-28-14-8-10-22-32(28)34;2*1-2-14-15-9-5-3-7-12(15)11-13-8-4-6-10-16(13)14;;/h1-24H,25-26H2;2*3-11H;;/q;2*-1;2*+1/p+2. The summed E-state index contributed by atoms with van der Waals surface area (Å²) in [6, 6.07) is 90.9. The molecule has 4 heteroatoms. The maximum atomic E-state index is 7.46. The molecule has 12 rings (SSSR count). The molecule has 0 bridgehead atoms. The molecule has 2 atom stereocenters. The second-order valence-electron chi connectivity index (χ2n) is 16.9. The molecule has 0 fully saturated rings. The molecular weight excluding hydrogens is 1070 g/mol. The molecule has 342 valence electrons. The van der Waals surface area contributed by atoms with Gasteiger partial charge in [-0.3, -0.25) is 11.8 Å². The van der Waals surface area contributed by atoms with Gasteiger partial charge in [0.1, 0.15) is 22.9 Å². The molecule has 0 amide bonds. The van der Waals surface area contributed by atoms with Crippen molar-refractivity contribution in [1.29, 1.82) is 0 Å². The van der Waals surface area contributed by atoms with E-state index < -0.39 is 15.8 Å². The Morgan fingerprint density at radius 1 is 0.271 bits per heavy atom. The van der Waals surface area contributed by atoms with Gasteiger partial charge in [0, 0.05) is 10.8 Å². The number of hydrogen-bond donors (Lipinski definition) is 0. The van der Waals surface area contributed by atoms with Gasteiger partial charge in [-0.05, 0) is 80.8 Å². The summed E-state index contributed by atoms with van der Waals surface area (Å²) in [5, 5.41) is 20.6. The molecule has 0 radical (unpaired) electrons. The van der Waals surface area contributed by atoms with Crippen molar-refractivity contribution < 1.29 is 44.8 Å². The molecule has 0 aliphatic carbocycles. The summed E-state index contributed by atoms with van der Waals surface area (Å²) < 4.78 is 0. The van der Waals surface area contributed by atoms with Gasteiger partial charge in [-0.25, -0.2) is 0 Å². The number of rotatable bonds is 7. The first-order chi connectivity index (χ1) is 33.7. The number of benzene rings is 12. The second-order valence-corrected chi connectivity index (χ2v) is 22.0. The fourth-order valence-electron chi connectivity index (χ4n) is 9.67. The Labute approximate surface area is 445 Å². The van der Waals surface area contributed by atoms with Gasteiger partial charge in [0.2, 0.25) is 0 Å². The van der Waals surface area contributed by atoms with E-state index in [1.54, 1.807) is 0 Å². The van der Waals surface area contributed by atoms with Crippen LogP contribution in [0.4, 0.5) is 0 Å². The summed E-state index contributed by atoms with van der Waals surface area (Å²) in [5.41, 5.74) is 1.77. The zero-order chi connectivity index (χ0) is 46.1. The Morgan fingerprint density at radius 2 is 0.529 bits per heavy atom. The van der Waals surface area contributed by atoms with Crippen molar-refractivity contribution in [1.82, 2.24) is 0 Å². The van der Waals surface area contributed by atoms with Gasteiger partial charge < -0.3 is 12.8 Å². The third kappa shape index (κ3) is 10.8. The number of hydrogen-bond acceptors (Lipinski definition) is 0. The van der Waals surface area contributed by atoms with Crippen LogP contribution >= 0.6 is 15.8 Å². The Bertz CT molecular complexity index is 3430. The van der Waals surface area contributed by atoms with Gasteiger partial charge in [0.15, 0.2) is 0 Å². The van der Waals surface area contributed by atoms with E-state index in [1.165, 1.54) is 55.1 Å². The van der Waals surface area contributed by atoms with Crippen LogP contribution in [0.3, 0.4) is 0 Å². The second kappa shape index (κ2) is 24.0. The smallest absolute Gasteiger partial charge is 0.366 e. The average molecular weight is 1120 g/mol. The SMILES string of the molecule is [Ag+].[Ag+].[C-]#Cc1c2ccccc2cc2ccccc12.[C-]#Cc1c2ccccc2cc2ccccc12.c1ccc([PH+](CC[PH+](c2ccccc2)c2cccc3ccccc23)c2cccc3ccccc23)cc1. The van der Waals surface area contributed by atoms with Crippen LogP contribution in [0.5, 0.6) is 0 Å². The molecule has 0 N–H and O–H groups in total. The minimum absolute atomic E-state index is 0. The molecule has 0 aliphatic rings. The van der Waals surface area contributed by atoms with E-state index in [4.69, 9.17) is 12.8 Å². The van der Waals surface area contributed by atoms with Crippen LogP contribution in [0.2, 0.25) is 0 Å². The molecule has 70 heavy (non-hydrogen) atoms. The van der Waals surface area contributed by atoms with Crippen molar-refractivity contribution in [3.8, 4) is 11.8 Å². The molecule has 0 aromatic heterocycles. The average Bonchev–Trinajstić information content (AvgIpc) is 3.41. The summed E-state index contributed by atoms with van der Waals surface area (Å²) in [4.78, 5) is 0. The summed E-state index contributed by atoms with van der Waals surface area (Å²) >= 11 is 0. The van der Waals surface area contributed by atoms with Gasteiger partial charge in [-0.15, -0.1) is 11.1 Å². The summed E-state index contributed by atoms with van der Waals surface area (Å²) in [7, 11) is -1.92. The molecule has 0 saturated carbocycles. The topological polar surface area (TPSA) is 0 Å². The molecule has 0 spiro atoms. The molecule has 12 aromatic carbocycles. The van der Waals surface area contributed by atoms with Gasteiger partial charge in [0.05, 0.1) is 26.5 Å². The van der Waals surface area contributed by atoms with Crippen LogP contribution in [0.25, 0.3) is 64.6 Å². The van der Waals surface area contributed by atoms with Crippen molar-refractivity contribution >= 4 is 102 Å². The maximum Gasteiger partial charge on any atom is 1.00 e.